The standard InChI is InChI=1S/C15H21NO2S/c1-3-4-12-8-14(19-10(12)2)15(18)16-13-6-5-11(7-13)9-17/h5-6,8,11,13,17H,3-4,7,9H2,1-2H3,(H,16,18)/t11-,13+/m0/s1. The van der Waals surface area contributed by atoms with E-state index in [2.05, 4.69) is 19.2 Å². The van der Waals surface area contributed by atoms with E-state index in [1.165, 1.54) is 10.4 Å². The van der Waals surface area contributed by atoms with Gasteiger partial charge in [-0.2, -0.15) is 0 Å². The van der Waals surface area contributed by atoms with Gasteiger partial charge < -0.3 is 10.4 Å². The molecule has 1 amide bonds. The molecule has 0 radical (unpaired) electrons. The molecule has 19 heavy (non-hydrogen) atoms. The van der Waals surface area contributed by atoms with E-state index < -0.39 is 0 Å². The largest absolute Gasteiger partial charge is 0.396 e. The molecule has 1 heterocycles. The Hall–Kier alpha value is -1.13. The van der Waals surface area contributed by atoms with E-state index in [1.54, 1.807) is 11.3 Å². The predicted octanol–water partition coefficient (Wildman–Crippen LogP) is 2.68. The smallest absolute Gasteiger partial charge is 0.261 e. The second kappa shape index (κ2) is 6.35. The van der Waals surface area contributed by atoms with E-state index in [-0.39, 0.29) is 24.5 Å². The van der Waals surface area contributed by atoms with Gasteiger partial charge in [-0.15, -0.1) is 11.3 Å². The summed E-state index contributed by atoms with van der Waals surface area (Å²) in [6.07, 6.45) is 6.89. The molecule has 2 N–H and O–H groups in total. The van der Waals surface area contributed by atoms with Crippen LogP contribution < -0.4 is 5.32 Å². The van der Waals surface area contributed by atoms with Gasteiger partial charge in [0, 0.05) is 23.4 Å². The summed E-state index contributed by atoms with van der Waals surface area (Å²) in [5.74, 6) is 0.190. The van der Waals surface area contributed by atoms with E-state index in [1.807, 2.05) is 18.2 Å². The molecule has 0 bridgehead atoms. The molecule has 2 rings (SSSR count). The molecule has 104 valence electrons. The fourth-order valence-corrected chi connectivity index (χ4v) is 3.38. The van der Waals surface area contributed by atoms with Crippen molar-refractivity contribution >= 4 is 17.2 Å². The Kier molecular flexibility index (Phi) is 4.77. The van der Waals surface area contributed by atoms with Crippen molar-refractivity contribution in [1.82, 2.24) is 5.32 Å². The number of aliphatic hydroxyl groups is 1. The molecule has 0 aliphatic heterocycles. The first-order chi connectivity index (χ1) is 9.13. The summed E-state index contributed by atoms with van der Waals surface area (Å²) in [7, 11) is 0. The number of carbonyl (C=O) groups excluding carboxylic acids is 1. The lowest BCUT2D eigenvalue weighted by atomic mass is 10.1. The van der Waals surface area contributed by atoms with Gasteiger partial charge in [0.1, 0.15) is 0 Å². The maximum absolute atomic E-state index is 12.2. The lowest BCUT2D eigenvalue weighted by Gasteiger charge is -2.11. The zero-order valence-electron chi connectivity index (χ0n) is 11.5. The van der Waals surface area contributed by atoms with Crippen LogP contribution in [0.1, 0.15) is 39.9 Å². The van der Waals surface area contributed by atoms with E-state index in [0.29, 0.717) is 0 Å². The molecule has 0 aromatic carbocycles. The summed E-state index contributed by atoms with van der Waals surface area (Å²) in [6.45, 7) is 4.38. The zero-order chi connectivity index (χ0) is 13.8. The average molecular weight is 279 g/mol. The number of carbonyl (C=O) groups is 1. The van der Waals surface area contributed by atoms with Crippen molar-refractivity contribution in [3.63, 3.8) is 0 Å². The van der Waals surface area contributed by atoms with Crippen molar-refractivity contribution in [3.8, 4) is 0 Å². The van der Waals surface area contributed by atoms with Gasteiger partial charge in [0.25, 0.3) is 5.91 Å². The third-order valence-corrected chi connectivity index (χ3v) is 4.58. The Labute approximate surface area is 118 Å². The number of nitrogens with one attached hydrogen (secondary N) is 1. The molecule has 1 aromatic rings. The summed E-state index contributed by atoms with van der Waals surface area (Å²) in [5, 5.41) is 12.1. The maximum Gasteiger partial charge on any atom is 0.261 e. The molecule has 1 aliphatic carbocycles. The molecule has 0 spiro atoms. The molecule has 3 nitrogen and oxygen atoms in total. The van der Waals surface area contributed by atoms with Crippen LogP contribution in [0.2, 0.25) is 0 Å². The van der Waals surface area contributed by atoms with Gasteiger partial charge in [-0.25, -0.2) is 0 Å². The highest BCUT2D eigenvalue weighted by atomic mass is 32.1. The first-order valence-corrected chi connectivity index (χ1v) is 7.65. The minimum atomic E-state index is 0.00342. The van der Waals surface area contributed by atoms with Crippen molar-refractivity contribution < 1.29 is 9.90 Å². The first kappa shape index (κ1) is 14.3. The van der Waals surface area contributed by atoms with Crippen LogP contribution in [0.4, 0.5) is 0 Å². The summed E-state index contributed by atoms with van der Waals surface area (Å²) in [5.41, 5.74) is 1.29. The average Bonchev–Trinajstić information content (AvgIpc) is 2.97. The summed E-state index contributed by atoms with van der Waals surface area (Å²) < 4.78 is 0. The van der Waals surface area contributed by atoms with Gasteiger partial charge in [0.15, 0.2) is 0 Å². The number of thiophene rings is 1. The minimum absolute atomic E-state index is 0.00342. The summed E-state index contributed by atoms with van der Waals surface area (Å²) >= 11 is 1.57. The van der Waals surface area contributed by atoms with Gasteiger partial charge in [-0.1, -0.05) is 25.5 Å². The quantitative estimate of drug-likeness (QED) is 0.814. The van der Waals surface area contributed by atoms with Crippen LogP contribution in [0.15, 0.2) is 18.2 Å². The number of aliphatic hydroxyl groups excluding tert-OH is 1. The van der Waals surface area contributed by atoms with Crippen LogP contribution in [0.5, 0.6) is 0 Å². The SMILES string of the molecule is CCCc1cc(C(=O)N[C@@H]2C=C[C@H](CO)C2)sc1C. The number of rotatable bonds is 5. The zero-order valence-corrected chi connectivity index (χ0v) is 12.3. The van der Waals surface area contributed by atoms with Crippen LogP contribution in [0, 0.1) is 12.8 Å². The van der Waals surface area contributed by atoms with Crippen LogP contribution in [-0.2, 0) is 6.42 Å². The third kappa shape index (κ3) is 3.45. The van der Waals surface area contributed by atoms with Crippen molar-refractivity contribution in [2.45, 2.75) is 39.2 Å². The predicted molar refractivity (Wildman–Crippen MR) is 78.6 cm³/mol. The monoisotopic (exact) mass is 279 g/mol. The summed E-state index contributed by atoms with van der Waals surface area (Å²) in [6, 6.07) is 2.07. The Bertz CT molecular complexity index is 478. The van der Waals surface area contributed by atoms with Crippen molar-refractivity contribution in [2.75, 3.05) is 6.61 Å². The first-order valence-electron chi connectivity index (χ1n) is 6.83. The van der Waals surface area contributed by atoms with Gasteiger partial charge in [-0.3, -0.25) is 4.79 Å². The molecule has 2 atom stereocenters. The van der Waals surface area contributed by atoms with Crippen LogP contribution in [-0.4, -0.2) is 23.7 Å². The van der Waals surface area contributed by atoms with Crippen LogP contribution in [0.3, 0.4) is 0 Å². The van der Waals surface area contributed by atoms with Gasteiger partial charge in [-0.05, 0) is 31.4 Å². The number of hydrogen-bond donors (Lipinski definition) is 2. The Morgan fingerprint density at radius 1 is 1.53 bits per heavy atom. The fourth-order valence-electron chi connectivity index (χ4n) is 2.41. The Morgan fingerprint density at radius 3 is 2.95 bits per heavy atom. The number of amides is 1. The molecule has 1 aliphatic rings. The Balaban J connectivity index is 1.97. The topological polar surface area (TPSA) is 49.3 Å². The van der Waals surface area contributed by atoms with E-state index in [9.17, 15) is 4.79 Å². The van der Waals surface area contributed by atoms with Crippen molar-refractivity contribution in [3.05, 3.63) is 33.5 Å². The molecular formula is C15H21NO2S. The molecule has 0 fully saturated rings. The van der Waals surface area contributed by atoms with Crippen LogP contribution in [0.25, 0.3) is 0 Å². The molecule has 4 heteroatoms. The second-order valence-corrected chi connectivity index (χ2v) is 6.34. The normalized spacial score (nSPS) is 21.8. The minimum Gasteiger partial charge on any atom is -0.396 e. The molecule has 0 saturated heterocycles. The van der Waals surface area contributed by atoms with E-state index in [4.69, 9.17) is 5.11 Å². The molecular weight excluding hydrogens is 258 g/mol. The molecule has 0 unspecified atom stereocenters. The van der Waals surface area contributed by atoms with Gasteiger partial charge >= 0.3 is 0 Å². The maximum atomic E-state index is 12.2. The van der Waals surface area contributed by atoms with Crippen molar-refractivity contribution in [2.24, 2.45) is 5.92 Å². The number of hydrogen-bond acceptors (Lipinski definition) is 3. The highest BCUT2D eigenvalue weighted by molar-refractivity contribution is 7.14. The van der Waals surface area contributed by atoms with Gasteiger partial charge in [0.05, 0.1) is 4.88 Å². The second-order valence-electron chi connectivity index (χ2n) is 5.09. The van der Waals surface area contributed by atoms with Crippen LogP contribution >= 0.6 is 11.3 Å². The van der Waals surface area contributed by atoms with E-state index >= 15 is 0 Å². The number of aryl methyl sites for hydroxylation is 2. The molecule has 0 saturated carbocycles. The lowest BCUT2D eigenvalue weighted by Crippen LogP contribution is -2.32. The fraction of sp³-hybridized carbons (Fsp3) is 0.533. The van der Waals surface area contributed by atoms with Crippen molar-refractivity contribution in [1.29, 1.82) is 0 Å². The molecule has 1 aromatic heterocycles. The highest BCUT2D eigenvalue weighted by Crippen LogP contribution is 2.24. The third-order valence-electron chi connectivity index (χ3n) is 3.49. The highest BCUT2D eigenvalue weighted by Gasteiger charge is 2.21. The Morgan fingerprint density at radius 2 is 2.32 bits per heavy atom. The van der Waals surface area contributed by atoms with E-state index in [0.717, 1.165) is 24.1 Å². The van der Waals surface area contributed by atoms with Gasteiger partial charge in [0.2, 0.25) is 0 Å². The summed E-state index contributed by atoms with van der Waals surface area (Å²) in [4.78, 5) is 14.2. The lowest BCUT2D eigenvalue weighted by molar-refractivity contribution is 0.0945.